The van der Waals surface area contributed by atoms with E-state index >= 15 is 0 Å². The van der Waals surface area contributed by atoms with Crippen LogP contribution in [0.4, 0.5) is 0 Å². The molecule has 3 rings (SSSR count). The molecule has 0 amide bonds. The smallest absolute Gasteiger partial charge is 0.104 e. The Hall–Kier alpha value is -0.760. The van der Waals surface area contributed by atoms with Gasteiger partial charge in [-0.25, -0.2) is 0 Å². The van der Waals surface area contributed by atoms with Crippen LogP contribution in [0.25, 0.3) is 0 Å². The molecule has 2 heteroatoms. The molecule has 2 fully saturated rings. The average molecular weight is 191 g/mol. The molecule has 2 aliphatic heterocycles. The molecule has 2 unspecified atom stereocenters. The first-order valence-electron chi connectivity index (χ1n) is 5.68. The molecule has 1 N–H and O–H groups in total. The highest BCUT2D eigenvalue weighted by Gasteiger charge is 2.33. The standard InChI is InChI=1S/C12H17NO/c1-2-12(14-5-1)8-9-6-10-3-4-11(7-9)13-10/h1-2,5,9-11,13H,3-4,6-8H2. The zero-order valence-electron chi connectivity index (χ0n) is 8.41. The highest BCUT2D eigenvalue weighted by Crippen LogP contribution is 2.32. The number of hydrogen-bond acceptors (Lipinski definition) is 2. The quantitative estimate of drug-likeness (QED) is 0.776. The summed E-state index contributed by atoms with van der Waals surface area (Å²) in [4.78, 5) is 0. The molecule has 1 aromatic rings. The van der Waals surface area contributed by atoms with Gasteiger partial charge in [0.05, 0.1) is 6.26 Å². The second kappa shape index (κ2) is 3.43. The molecule has 0 spiro atoms. The van der Waals surface area contributed by atoms with Crippen LogP contribution in [-0.2, 0) is 6.42 Å². The van der Waals surface area contributed by atoms with Gasteiger partial charge >= 0.3 is 0 Å². The molecular weight excluding hydrogens is 174 g/mol. The molecule has 2 atom stereocenters. The number of fused-ring (bicyclic) bond motifs is 2. The lowest BCUT2D eigenvalue weighted by Gasteiger charge is -2.28. The van der Waals surface area contributed by atoms with E-state index in [9.17, 15) is 0 Å². The van der Waals surface area contributed by atoms with Gasteiger partial charge in [0, 0.05) is 18.5 Å². The number of furan rings is 1. The highest BCUT2D eigenvalue weighted by atomic mass is 16.3. The maximum absolute atomic E-state index is 5.41. The molecule has 0 aliphatic carbocycles. The number of nitrogens with one attached hydrogen (secondary N) is 1. The van der Waals surface area contributed by atoms with Crippen LogP contribution in [-0.4, -0.2) is 12.1 Å². The fourth-order valence-electron chi connectivity index (χ4n) is 3.06. The molecule has 14 heavy (non-hydrogen) atoms. The maximum Gasteiger partial charge on any atom is 0.104 e. The molecule has 2 nitrogen and oxygen atoms in total. The van der Waals surface area contributed by atoms with Crippen molar-refractivity contribution in [3.8, 4) is 0 Å². The first-order valence-corrected chi connectivity index (χ1v) is 5.68. The van der Waals surface area contributed by atoms with E-state index in [4.69, 9.17) is 4.42 Å². The van der Waals surface area contributed by atoms with Gasteiger partial charge in [0.15, 0.2) is 0 Å². The van der Waals surface area contributed by atoms with E-state index in [0.29, 0.717) is 0 Å². The summed E-state index contributed by atoms with van der Waals surface area (Å²) in [6.45, 7) is 0. The van der Waals surface area contributed by atoms with Crippen LogP contribution in [0.5, 0.6) is 0 Å². The SMILES string of the molecule is c1coc(CC2CC3CCC(C2)N3)c1. The van der Waals surface area contributed by atoms with Gasteiger partial charge in [-0.3, -0.25) is 0 Å². The summed E-state index contributed by atoms with van der Waals surface area (Å²) in [7, 11) is 0. The van der Waals surface area contributed by atoms with Crippen LogP contribution in [0, 0.1) is 5.92 Å². The summed E-state index contributed by atoms with van der Waals surface area (Å²) < 4.78 is 5.41. The lowest BCUT2D eigenvalue weighted by molar-refractivity contribution is 0.285. The van der Waals surface area contributed by atoms with Crippen molar-refractivity contribution in [2.24, 2.45) is 5.92 Å². The summed E-state index contributed by atoms with van der Waals surface area (Å²) in [6, 6.07) is 5.69. The van der Waals surface area contributed by atoms with E-state index in [2.05, 4.69) is 11.4 Å². The first-order chi connectivity index (χ1) is 6.90. The van der Waals surface area contributed by atoms with Gasteiger partial charge in [0.25, 0.3) is 0 Å². The third-order valence-electron chi connectivity index (χ3n) is 3.64. The summed E-state index contributed by atoms with van der Waals surface area (Å²) in [5.74, 6) is 2.01. The topological polar surface area (TPSA) is 25.2 Å². The van der Waals surface area contributed by atoms with Gasteiger partial charge in [-0.15, -0.1) is 0 Å². The molecule has 2 aliphatic rings. The average Bonchev–Trinajstić information content (AvgIpc) is 2.77. The number of piperidine rings is 1. The Bertz CT molecular complexity index is 281. The minimum atomic E-state index is 0.800. The van der Waals surface area contributed by atoms with Crippen molar-refractivity contribution in [1.29, 1.82) is 0 Å². The van der Waals surface area contributed by atoms with E-state index in [1.807, 2.05) is 6.07 Å². The molecule has 3 heterocycles. The van der Waals surface area contributed by atoms with Crippen LogP contribution in [0.15, 0.2) is 22.8 Å². The molecule has 1 aromatic heterocycles. The van der Waals surface area contributed by atoms with Crippen molar-refractivity contribution < 1.29 is 4.42 Å². The molecule has 0 aromatic carbocycles. The minimum absolute atomic E-state index is 0.800. The van der Waals surface area contributed by atoms with Crippen LogP contribution in [0.2, 0.25) is 0 Å². The Morgan fingerprint density at radius 2 is 2.07 bits per heavy atom. The summed E-state index contributed by atoms with van der Waals surface area (Å²) in [5, 5.41) is 3.67. The van der Waals surface area contributed by atoms with Crippen LogP contribution >= 0.6 is 0 Å². The lowest BCUT2D eigenvalue weighted by Crippen LogP contribution is -2.38. The van der Waals surface area contributed by atoms with Gasteiger partial charge in [0.2, 0.25) is 0 Å². The summed E-state index contributed by atoms with van der Waals surface area (Å²) in [5.41, 5.74) is 0. The molecule has 2 bridgehead atoms. The molecular formula is C12H17NO. The zero-order chi connectivity index (χ0) is 9.38. The number of hydrogen-bond donors (Lipinski definition) is 1. The van der Waals surface area contributed by atoms with Gasteiger partial charge in [-0.1, -0.05) is 0 Å². The van der Waals surface area contributed by atoms with Crippen LogP contribution in [0.1, 0.15) is 31.4 Å². The van der Waals surface area contributed by atoms with Crippen molar-refractivity contribution in [3.05, 3.63) is 24.2 Å². The first kappa shape index (κ1) is 8.54. The largest absolute Gasteiger partial charge is 0.469 e. The van der Waals surface area contributed by atoms with E-state index in [1.165, 1.54) is 25.7 Å². The fraction of sp³-hybridized carbons (Fsp3) is 0.667. The predicted molar refractivity (Wildman–Crippen MR) is 55.1 cm³/mol. The van der Waals surface area contributed by atoms with Crippen molar-refractivity contribution in [2.75, 3.05) is 0 Å². The van der Waals surface area contributed by atoms with Crippen molar-refractivity contribution >= 4 is 0 Å². The Kier molecular flexibility index (Phi) is 2.09. The lowest BCUT2D eigenvalue weighted by atomic mass is 9.89. The van der Waals surface area contributed by atoms with Crippen molar-refractivity contribution in [3.63, 3.8) is 0 Å². The summed E-state index contributed by atoms with van der Waals surface area (Å²) in [6.07, 6.45) is 8.39. The van der Waals surface area contributed by atoms with E-state index in [0.717, 1.165) is 30.2 Å². The van der Waals surface area contributed by atoms with Gasteiger partial charge in [-0.05, 0) is 43.7 Å². The fourth-order valence-corrected chi connectivity index (χ4v) is 3.06. The molecule has 0 radical (unpaired) electrons. The number of rotatable bonds is 2. The molecule has 2 saturated heterocycles. The van der Waals surface area contributed by atoms with Gasteiger partial charge in [-0.2, -0.15) is 0 Å². The van der Waals surface area contributed by atoms with Gasteiger partial charge < -0.3 is 9.73 Å². The second-order valence-corrected chi connectivity index (χ2v) is 4.76. The van der Waals surface area contributed by atoms with E-state index in [-0.39, 0.29) is 0 Å². The van der Waals surface area contributed by atoms with Crippen LogP contribution < -0.4 is 5.32 Å². The highest BCUT2D eigenvalue weighted by molar-refractivity contribution is 5.02. The Morgan fingerprint density at radius 1 is 1.29 bits per heavy atom. The third-order valence-corrected chi connectivity index (χ3v) is 3.64. The molecule has 76 valence electrons. The van der Waals surface area contributed by atoms with E-state index < -0.39 is 0 Å². The third kappa shape index (κ3) is 1.59. The summed E-state index contributed by atoms with van der Waals surface area (Å²) >= 11 is 0. The van der Waals surface area contributed by atoms with Gasteiger partial charge in [0.1, 0.15) is 5.76 Å². The van der Waals surface area contributed by atoms with E-state index in [1.54, 1.807) is 6.26 Å². The molecule has 0 saturated carbocycles. The Morgan fingerprint density at radius 3 is 2.71 bits per heavy atom. The maximum atomic E-state index is 5.41. The predicted octanol–water partition coefficient (Wildman–Crippen LogP) is 2.35. The monoisotopic (exact) mass is 191 g/mol. The Balaban J connectivity index is 1.64. The zero-order valence-corrected chi connectivity index (χ0v) is 8.41. The second-order valence-electron chi connectivity index (χ2n) is 4.76. The Labute approximate surface area is 84.7 Å². The normalized spacial score (nSPS) is 36.1. The minimum Gasteiger partial charge on any atom is -0.469 e. The van der Waals surface area contributed by atoms with Crippen molar-refractivity contribution in [2.45, 2.75) is 44.2 Å². The van der Waals surface area contributed by atoms with Crippen molar-refractivity contribution in [1.82, 2.24) is 5.32 Å². The van der Waals surface area contributed by atoms with Crippen LogP contribution in [0.3, 0.4) is 0 Å².